The maximum Gasteiger partial charge on any atom is 0.229 e. The minimum Gasteiger partial charge on any atom is -0.508 e. The van der Waals surface area contributed by atoms with E-state index in [9.17, 15) is 5.11 Å². The molecule has 0 aliphatic carbocycles. The van der Waals surface area contributed by atoms with Crippen molar-refractivity contribution in [1.82, 2.24) is 9.97 Å². The molecule has 0 bridgehead atoms. The van der Waals surface area contributed by atoms with Crippen LogP contribution in [0.15, 0.2) is 48.5 Å². The number of para-hydroxylation sites is 1. The van der Waals surface area contributed by atoms with E-state index in [1.54, 1.807) is 18.2 Å². The van der Waals surface area contributed by atoms with Gasteiger partial charge in [-0.1, -0.05) is 18.2 Å². The van der Waals surface area contributed by atoms with Gasteiger partial charge in [0.1, 0.15) is 11.6 Å². The highest BCUT2D eigenvalue weighted by Gasteiger charge is 2.06. The van der Waals surface area contributed by atoms with E-state index in [2.05, 4.69) is 20.6 Å². The molecule has 0 aliphatic heterocycles. The van der Waals surface area contributed by atoms with Crippen LogP contribution in [-0.2, 0) is 0 Å². The molecule has 0 unspecified atom stereocenters. The Kier molecular flexibility index (Phi) is 3.09. The largest absolute Gasteiger partial charge is 0.508 e. The molecule has 0 spiro atoms. The van der Waals surface area contributed by atoms with E-state index < -0.39 is 0 Å². The van der Waals surface area contributed by atoms with Crippen LogP contribution in [0.3, 0.4) is 0 Å². The summed E-state index contributed by atoms with van der Waals surface area (Å²) in [6.07, 6.45) is 0. The topological polar surface area (TPSA) is 70.1 Å². The smallest absolute Gasteiger partial charge is 0.229 e. The molecule has 2 aromatic carbocycles. The Hall–Kier alpha value is -2.82. The van der Waals surface area contributed by atoms with Crippen LogP contribution in [0.25, 0.3) is 10.9 Å². The monoisotopic (exact) mass is 266 g/mol. The number of aromatic nitrogens is 2. The predicted molar refractivity (Wildman–Crippen MR) is 80.5 cm³/mol. The normalized spacial score (nSPS) is 10.4. The van der Waals surface area contributed by atoms with E-state index in [1.165, 1.54) is 0 Å². The van der Waals surface area contributed by atoms with Gasteiger partial charge in [-0.3, -0.25) is 0 Å². The van der Waals surface area contributed by atoms with Gasteiger partial charge in [0.2, 0.25) is 5.95 Å². The van der Waals surface area contributed by atoms with Gasteiger partial charge in [-0.05, 0) is 24.3 Å². The van der Waals surface area contributed by atoms with Crippen LogP contribution in [0.1, 0.15) is 0 Å². The Morgan fingerprint density at radius 1 is 1.00 bits per heavy atom. The maximum atomic E-state index is 9.47. The van der Waals surface area contributed by atoms with Crippen LogP contribution in [-0.4, -0.2) is 22.1 Å². The molecule has 20 heavy (non-hydrogen) atoms. The summed E-state index contributed by atoms with van der Waals surface area (Å²) in [5.41, 5.74) is 1.59. The lowest BCUT2D eigenvalue weighted by atomic mass is 10.2. The summed E-state index contributed by atoms with van der Waals surface area (Å²) in [7, 11) is 1.83. The fraction of sp³-hybridized carbons (Fsp3) is 0.0667. The van der Waals surface area contributed by atoms with E-state index in [-0.39, 0.29) is 5.75 Å². The lowest BCUT2D eigenvalue weighted by Crippen LogP contribution is -2.01. The number of phenols is 1. The van der Waals surface area contributed by atoms with Crippen LogP contribution in [0.2, 0.25) is 0 Å². The second-order valence-corrected chi connectivity index (χ2v) is 4.34. The number of hydrogen-bond acceptors (Lipinski definition) is 5. The van der Waals surface area contributed by atoms with Gasteiger partial charge in [-0.2, -0.15) is 4.98 Å². The Morgan fingerprint density at radius 2 is 1.85 bits per heavy atom. The molecular formula is C15H14N4O. The van der Waals surface area contributed by atoms with Gasteiger partial charge in [-0.15, -0.1) is 0 Å². The van der Waals surface area contributed by atoms with E-state index in [1.807, 2.05) is 37.4 Å². The summed E-state index contributed by atoms with van der Waals surface area (Å²) >= 11 is 0. The molecule has 5 nitrogen and oxygen atoms in total. The number of fused-ring (bicyclic) bond motifs is 1. The van der Waals surface area contributed by atoms with Crippen molar-refractivity contribution in [2.45, 2.75) is 0 Å². The molecule has 0 atom stereocenters. The second kappa shape index (κ2) is 5.05. The number of phenolic OH excluding ortho intramolecular Hbond substituents is 1. The Morgan fingerprint density at radius 3 is 2.65 bits per heavy atom. The van der Waals surface area contributed by atoms with Gasteiger partial charge in [-0.25, -0.2) is 4.98 Å². The van der Waals surface area contributed by atoms with Gasteiger partial charge in [0.25, 0.3) is 0 Å². The van der Waals surface area contributed by atoms with E-state index in [0.29, 0.717) is 5.95 Å². The molecule has 1 heterocycles. The van der Waals surface area contributed by atoms with Crippen LogP contribution in [0, 0.1) is 0 Å². The highest BCUT2D eigenvalue weighted by Crippen LogP contribution is 2.24. The molecule has 3 rings (SSSR count). The Bertz CT molecular complexity index is 758. The molecular weight excluding hydrogens is 252 g/mol. The minimum absolute atomic E-state index is 0.199. The van der Waals surface area contributed by atoms with Crippen molar-refractivity contribution in [2.75, 3.05) is 17.7 Å². The molecule has 5 heteroatoms. The molecule has 0 aliphatic rings. The van der Waals surface area contributed by atoms with Gasteiger partial charge in [0.15, 0.2) is 0 Å². The summed E-state index contributed by atoms with van der Waals surface area (Å²) in [5, 5.41) is 16.6. The molecule has 3 aromatic rings. The van der Waals surface area contributed by atoms with E-state index >= 15 is 0 Å². The zero-order valence-corrected chi connectivity index (χ0v) is 11.0. The van der Waals surface area contributed by atoms with E-state index in [4.69, 9.17) is 0 Å². The predicted octanol–water partition coefficient (Wildman–Crippen LogP) is 3.12. The average molecular weight is 266 g/mol. The lowest BCUT2D eigenvalue weighted by molar-refractivity contribution is 0.475. The van der Waals surface area contributed by atoms with Crippen LogP contribution < -0.4 is 10.6 Å². The van der Waals surface area contributed by atoms with Crippen molar-refractivity contribution < 1.29 is 5.11 Å². The van der Waals surface area contributed by atoms with Crippen molar-refractivity contribution >= 4 is 28.4 Å². The number of rotatable bonds is 3. The summed E-state index contributed by atoms with van der Waals surface area (Å²) in [6, 6.07) is 14.6. The number of hydrogen-bond donors (Lipinski definition) is 3. The molecule has 1 aromatic heterocycles. The van der Waals surface area contributed by atoms with E-state index in [0.717, 1.165) is 22.4 Å². The van der Waals surface area contributed by atoms with Crippen molar-refractivity contribution in [3.63, 3.8) is 0 Å². The quantitative estimate of drug-likeness (QED) is 0.679. The first-order chi connectivity index (χ1) is 9.76. The Balaban J connectivity index is 2.03. The summed E-state index contributed by atoms with van der Waals surface area (Å²) in [5.74, 6) is 1.45. The summed E-state index contributed by atoms with van der Waals surface area (Å²) < 4.78 is 0. The minimum atomic E-state index is 0.199. The highest BCUT2D eigenvalue weighted by molar-refractivity contribution is 5.90. The summed E-state index contributed by atoms with van der Waals surface area (Å²) in [4.78, 5) is 8.89. The molecule has 0 amide bonds. The van der Waals surface area contributed by atoms with Crippen molar-refractivity contribution in [1.29, 1.82) is 0 Å². The fourth-order valence-corrected chi connectivity index (χ4v) is 2.04. The number of nitrogens with one attached hydrogen (secondary N) is 2. The molecule has 3 N–H and O–H groups in total. The number of anilines is 3. The van der Waals surface area contributed by atoms with Crippen LogP contribution >= 0.6 is 0 Å². The Labute approximate surface area is 116 Å². The fourth-order valence-electron chi connectivity index (χ4n) is 2.04. The van der Waals surface area contributed by atoms with Crippen LogP contribution in [0.4, 0.5) is 17.5 Å². The number of nitrogens with zero attached hydrogens (tertiary/aromatic N) is 2. The standard InChI is InChI=1S/C15H14N4O/c1-16-14-12-7-2-3-8-13(12)18-15(19-14)17-10-5-4-6-11(20)9-10/h2-9,20H,1H3,(H2,16,17,18,19). The van der Waals surface area contributed by atoms with Gasteiger partial charge in [0.05, 0.1) is 5.52 Å². The van der Waals surface area contributed by atoms with Gasteiger partial charge < -0.3 is 15.7 Å². The van der Waals surface area contributed by atoms with Crippen molar-refractivity contribution in [2.24, 2.45) is 0 Å². The molecule has 0 fully saturated rings. The third kappa shape index (κ3) is 2.33. The third-order valence-electron chi connectivity index (χ3n) is 2.94. The lowest BCUT2D eigenvalue weighted by Gasteiger charge is -2.09. The number of benzene rings is 2. The first-order valence-electron chi connectivity index (χ1n) is 6.27. The first kappa shape index (κ1) is 12.2. The van der Waals surface area contributed by atoms with Crippen LogP contribution in [0.5, 0.6) is 5.75 Å². The number of aromatic hydroxyl groups is 1. The zero-order chi connectivity index (χ0) is 13.9. The highest BCUT2D eigenvalue weighted by atomic mass is 16.3. The van der Waals surface area contributed by atoms with Gasteiger partial charge in [0, 0.05) is 24.2 Å². The second-order valence-electron chi connectivity index (χ2n) is 4.34. The van der Waals surface area contributed by atoms with Crippen molar-refractivity contribution in [3.05, 3.63) is 48.5 Å². The molecule has 100 valence electrons. The first-order valence-corrected chi connectivity index (χ1v) is 6.27. The molecule has 0 saturated heterocycles. The van der Waals surface area contributed by atoms with Gasteiger partial charge >= 0.3 is 0 Å². The SMILES string of the molecule is CNc1nc(Nc2cccc(O)c2)nc2ccccc12. The maximum absolute atomic E-state index is 9.47. The zero-order valence-electron chi connectivity index (χ0n) is 11.0. The molecule has 0 radical (unpaired) electrons. The third-order valence-corrected chi connectivity index (χ3v) is 2.94. The molecule has 0 saturated carbocycles. The summed E-state index contributed by atoms with van der Waals surface area (Å²) in [6.45, 7) is 0. The average Bonchev–Trinajstić information content (AvgIpc) is 2.46. The van der Waals surface area contributed by atoms with Crippen molar-refractivity contribution in [3.8, 4) is 5.75 Å².